The molecule has 1 saturated heterocycles. The Hall–Kier alpha value is -1.90. The van der Waals surface area contributed by atoms with Crippen LogP contribution in [0.25, 0.3) is 0 Å². The summed E-state index contributed by atoms with van der Waals surface area (Å²) in [6.45, 7) is 0.570. The van der Waals surface area contributed by atoms with E-state index in [2.05, 4.69) is 41.8 Å². The molecule has 30 heavy (non-hydrogen) atoms. The number of urea groups is 1. The average Bonchev–Trinajstić information content (AvgIpc) is 3.31. The van der Waals surface area contributed by atoms with Gasteiger partial charge in [0.05, 0.1) is 23.4 Å². The molecule has 1 spiro atoms. The Labute approximate surface area is 182 Å². The van der Waals surface area contributed by atoms with Gasteiger partial charge >= 0.3 is 6.03 Å². The van der Waals surface area contributed by atoms with E-state index in [1.807, 2.05) is 18.2 Å². The highest BCUT2D eigenvalue weighted by Crippen LogP contribution is 2.47. The van der Waals surface area contributed by atoms with Gasteiger partial charge in [-0.3, -0.25) is 9.80 Å². The first-order valence-electron chi connectivity index (χ1n) is 10.2. The van der Waals surface area contributed by atoms with E-state index in [0.717, 1.165) is 25.7 Å². The molecule has 2 heterocycles. The second-order valence-corrected chi connectivity index (χ2v) is 12.0. The molecule has 2 aliphatic rings. The van der Waals surface area contributed by atoms with E-state index >= 15 is 0 Å². The van der Waals surface area contributed by atoms with Crippen molar-refractivity contribution in [1.82, 2.24) is 10.2 Å². The van der Waals surface area contributed by atoms with Gasteiger partial charge in [-0.15, -0.1) is 11.3 Å². The number of hydrogen-bond acceptors (Lipinski definition) is 5. The molecular weight excluding hydrogens is 418 g/mol. The SMILES string of the molecule is CN(C)C1(c2cccs2)CCC2(CC1)CN(c1ccccc1CS(C)(=O)=O)C(=O)N2. The molecule has 8 heteroatoms. The van der Waals surface area contributed by atoms with Crippen LogP contribution in [0.2, 0.25) is 0 Å². The Kier molecular flexibility index (Phi) is 5.45. The van der Waals surface area contributed by atoms with E-state index in [-0.39, 0.29) is 22.9 Å². The van der Waals surface area contributed by atoms with Gasteiger partial charge in [0, 0.05) is 16.8 Å². The van der Waals surface area contributed by atoms with Crippen molar-refractivity contribution in [3.05, 3.63) is 52.2 Å². The average molecular weight is 448 g/mol. The number of thiophene rings is 1. The van der Waals surface area contributed by atoms with Crippen LogP contribution in [0, 0.1) is 0 Å². The molecule has 0 bridgehead atoms. The number of carbonyl (C=O) groups excluding carboxylic acids is 1. The van der Waals surface area contributed by atoms with Crippen LogP contribution < -0.4 is 10.2 Å². The van der Waals surface area contributed by atoms with Crippen LogP contribution in [0.3, 0.4) is 0 Å². The number of carbonyl (C=O) groups is 1. The topological polar surface area (TPSA) is 69.7 Å². The zero-order chi connectivity index (χ0) is 21.6. The molecule has 1 aliphatic carbocycles. The van der Waals surface area contributed by atoms with E-state index in [1.54, 1.807) is 22.3 Å². The Morgan fingerprint density at radius 1 is 1.10 bits per heavy atom. The summed E-state index contributed by atoms with van der Waals surface area (Å²) in [6, 6.07) is 11.5. The largest absolute Gasteiger partial charge is 0.330 e. The first-order chi connectivity index (χ1) is 14.1. The molecule has 2 aromatic rings. The Morgan fingerprint density at radius 2 is 1.80 bits per heavy atom. The number of hydrogen-bond donors (Lipinski definition) is 1. The van der Waals surface area contributed by atoms with Gasteiger partial charge in [-0.25, -0.2) is 13.2 Å². The van der Waals surface area contributed by atoms with Gasteiger partial charge in [0.25, 0.3) is 0 Å². The van der Waals surface area contributed by atoms with Crippen LogP contribution in [-0.4, -0.2) is 51.8 Å². The fourth-order valence-electron chi connectivity index (χ4n) is 4.96. The maximum Gasteiger partial charge on any atom is 0.322 e. The maximum absolute atomic E-state index is 12.9. The third-order valence-corrected chi connectivity index (χ3v) is 8.55. The molecule has 1 aromatic heterocycles. The van der Waals surface area contributed by atoms with Crippen molar-refractivity contribution in [1.29, 1.82) is 0 Å². The summed E-state index contributed by atoms with van der Waals surface area (Å²) in [5, 5.41) is 5.38. The second-order valence-electron chi connectivity index (χ2n) is 8.90. The first kappa shape index (κ1) is 21.3. The summed E-state index contributed by atoms with van der Waals surface area (Å²) in [4.78, 5) is 18.4. The summed E-state index contributed by atoms with van der Waals surface area (Å²) >= 11 is 1.80. The molecule has 2 fully saturated rings. The lowest BCUT2D eigenvalue weighted by atomic mass is 9.71. The Balaban J connectivity index is 1.57. The maximum atomic E-state index is 12.9. The van der Waals surface area contributed by atoms with Gasteiger partial charge in [-0.05, 0) is 62.9 Å². The van der Waals surface area contributed by atoms with E-state index in [9.17, 15) is 13.2 Å². The number of rotatable bonds is 5. The quantitative estimate of drug-likeness (QED) is 0.760. The van der Waals surface area contributed by atoms with Crippen molar-refractivity contribution >= 4 is 32.9 Å². The van der Waals surface area contributed by atoms with Crippen molar-refractivity contribution < 1.29 is 13.2 Å². The number of nitrogens with one attached hydrogen (secondary N) is 1. The van der Waals surface area contributed by atoms with Crippen molar-refractivity contribution in [3.63, 3.8) is 0 Å². The molecule has 1 aliphatic heterocycles. The molecule has 4 rings (SSSR count). The summed E-state index contributed by atoms with van der Waals surface area (Å²) in [5.41, 5.74) is 1.10. The van der Waals surface area contributed by atoms with Gasteiger partial charge < -0.3 is 5.32 Å². The van der Waals surface area contributed by atoms with E-state index in [0.29, 0.717) is 17.8 Å². The van der Waals surface area contributed by atoms with Crippen molar-refractivity contribution in [3.8, 4) is 0 Å². The minimum absolute atomic E-state index is 0.00571. The van der Waals surface area contributed by atoms with Gasteiger partial charge in [0.1, 0.15) is 0 Å². The number of benzene rings is 1. The Bertz CT molecular complexity index is 1020. The molecule has 0 radical (unpaired) electrons. The molecule has 1 N–H and O–H groups in total. The highest BCUT2D eigenvalue weighted by atomic mass is 32.2. The van der Waals surface area contributed by atoms with Crippen molar-refractivity contribution in [2.75, 3.05) is 31.8 Å². The summed E-state index contributed by atoms with van der Waals surface area (Å²) < 4.78 is 23.7. The van der Waals surface area contributed by atoms with Crippen LogP contribution in [0.4, 0.5) is 10.5 Å². The summed E-state index contributed by atoms with van der Waals surface area (Å²) in [7, 11) is 1.08. The minimum atomic E-state index is -3.19. The van der Waals surface area contributed by atoms with Gasteiger partial charge in [-0.2, -0.15) is 0 Å². The lowest BCUT2D eigenvalue weighted by Gasteiger charge is -2.47. The highest BCUT2D eigenvalue weighted by molar-refractivity contribution is 7.89. The Morgan fingerprint density at radius 3 is 2.40 bits per heavy atom. The molecule has 162 valence electrons. The fourth-order valence-corrected chi connectivity index (χ4v) is 6.84. The van der Waals surface area contributed by atoms with E-state index < -0.39 is 9.84 Å². The van der Waals surface area contributed by atoms with Crippen LogP contribution >= 0.6 is 11.3 Å². The standard InChI is InChI=1S/C22H29N3O3S2/c1-24(2)22(19-9-6-14-29-19)12-10-21(11-13-22)16-25(20(26)23-21)18-8-5-4-7-17(18)15-30(3,27)28/h4-9,14H,10-13,15-16H2,1-3H3,(H,23,26). The molecular formula is C22H29N3O3S2. The van der Waals surface area contributed by atoms with E-state index in [1.165, 1.54) is 11.1 Å². The lowest BCUT2D eigenvalue weighted by Crippen LogP contribution is -2.53. The van der Waals surface area contributed by atoms with Gasteiger partial charge in [0.15, 0.2) is 9.84 Å². The number of para-hydroxylation sites is 1. The predicted octanol–water partition coefficient (Wildman–Crippen LogP) is 3.59. The molecule has 0 unspecified atom stereocenters. The van der Waals surface area contributed by atoms with Crippen LogP contribution in [0.1, 0.15) is 36.1 Å². The second kappa shape index (κ2) is 7.66. The lowest BCUT2D eigenvalue weighted by molar-refractivity contribution is 0.0689. The first-order valence-corrected chi connectivity index (χ1v) is 13.1. The minimum Gasteiger partial charge on any atom is -0.330 e. The van der Waals surface area contributed by atoms with Crippen LogP contribution in [-0.2, 0) is 21.1 Å². The zero-order valence-corrected chi connectivity index (χ0v) is 19.4. The summed E-state index contributed by atoms with van der Waals surface area (Å²) in [5.74, 6) is -0.0674. The van der Waals surface area contributed by atoms with Gasteiger partial charge in [0.2, 0.25) is 0 Å². The van der Waals surface area contributed by atoms with Crippen molar-refractivity contribution in [2.45, 2.75) is 42.5 Å². The molecule has 6 nitrogen and oxygen atoms in total. The van der Waals surface area contributed by atoms with Gasteiger partial charge in [-0.1, -0.05) is 24.3 Å². The molecule has 1 saturated carbocycles. The molecule has 0 atom stereocenters. The van der Waals surface area contributed by atoms with Crippen molar-refractivity contribution in [2.24, 2.45) is 0 Å². The van der Waals surface area contributed by atoms with E-state index in [4.69, 9.17) is 0 Å². The number of sulfone groups is 1. The number of amides is 2. The summed E-state index contributed by atoms with van der Waals surface area (Å²) in [6.07, 6.45) is 4.94. The fraction of sp³-hybridized carbons (Fsp3) is 0.500. The van der Waals surface area contributed by atoms with Crippen LogP contribution in [0.5, 0.6) is 0 Å². The number of anilines is 1. The predicted molar refractivity (Wildman–Crippen MR) is 122 cm³/mol. The normalized spacial score (nSPS) is 27.1. The smallest absolute Gasteiger partial charge is 0.322 e. The molecule has 1 aromatic carbocycles. The number of nitrogens with zero attached hydrogens (tertiary/aromatic N) is 2. The third kappa shape index (κ3) is 3.88. The third-order valence-electron chi connectivity index (χ3n) is 6.65. The molecule has 2 amide bonds. The van der Waals surface area contributed by atoms with Crippen LogP contribution in [0.15, 0.2) is 41.8 Å². The highest BCUT2D eigenvalue weighted by Gasteiger charge is 2.50. The monoisotopic (exact) mass is 447 g/mol. The zero-order valence-electron chi connectivity index (χ0n) is 17.7.